The molecule has 0 aromatic rings. The van der Waals surface area contributed by atoms with E-state index in [9.17, 15) is 14.4 Å². The lowest BCUT2D eigenvalue weighted by atomic mass is 10.0. The van der Waals surface area contributed by atoms with E-state index in [1.54, 1.807) is 0 Å². The fourth-order valence-electron chi connectivity index (χ4n) is 6.28. The molecule has 0 saturated carbocycles. The van der Waals surface area contributed by atoms with Crippen molar-refractivity contribution in [2.45, 2.75) is 232 Å². The van der Waals surface area contributed by atoms with Gasteiger partial charge in [-0.05, 0) is 51.4 Å². The largest absolute Gasteiger partial charge is 0.462 e. The van der Waals surface area contributed by atoms with Crippen LogP contribution in [-0.4, -0.2) is 37.2 Å². The van der Waals surface area contributed by atoms with Crippen LogP contribution >= 0.6 is 0 Å². The van der Waals surface area contributed by atoms with Gasteiger partial charge in [-0.25, -0.2) is 0 Å². The third kappa shape index (κ3) is 40.6. The predicted molar refractivity (Wildman–Crippen MR) is 224 cm³/mol. The minimum Gasteiger partial charge on any atom is -0.462 e. The van der Waals surface area contributed by atoms with Crippen LogP contribution in [-0.2, 0) is 28.6 Å². The minimum absolute atomic E-state index is 0.0767. The lowest BCUT2D eigenvalue weighted by molar-refractivity contribution is -0.167. The first-order chi connectivity index (χ1) is 26.0. The van der Waals surface area contributed by atoms with E-state index >= 15 is 0 Å². The Labute approximate surface area is 327 Å². The normalized spacial score (nSPS) is 12.3. The quantitative estimate of drug-likeness (QED) is 0.0269. The Hall–Kier alpha value is -2.37. The van der Waals surface area contributed by atoms with E-state index < -0.39 is 6.10 Å². The molecule has 6 heteroatoms. The van der Waals surface area contributed by atoms with Crippen LogP contribution in [0.15, 0.2) is 36.5 Å². The third-order valence-electron chi connectivity index (χ3n) is 9.66. The van der Waals surface area contributed by atoms with Crippen molar-refractivity contribution in [3.8, 4) is 0 Å². The van der Waals surface area contributed by atoms with Gasteiger partial charge in [-0.1, -0.05) is 192 Å². The second kappa shape index (κ2) is 42.4. The van der Waals surface area contributed by atoms with Crippen LogP contribution in [0.2, 0.25) is 0 Å². The van der Waals surface area contributed by atoms with Gasteiger partial charge in [0.05, 0.1) is 0 Å². The summed E-state index contributed by atoms with van der Waals surface area (Å²) in [5.41, 5.74) is 0. The summed E-state index contributed by atoms with van der Waals surface area (Å²) in [6.07, 6.45) is 47.3. The maximum atomic E-state index is 12.7. The summed E-state index contributed by atoms with van der Waals surface area (Å²) in [5, 5.41) is 0. The summed E-state index contributed by atoms with van der Waals surface area (Å²) in [5.74, 6) is -0.904. The first-order valence-electron chi connectivity index (χ1n) is 22.5. The van der Waals surface area contributed by atoms with Crippen molar-refractivity contribution in [1.82, 2.24) is 0 Å². The van der Waals surface area contributed by atoms with Crippen molar-refractivity contribution in [1.29, 1.82) is 0 Å². The number of allylic oxidation sites excluding steroid dienone is 6. The second-order valence-corrected chi connectivity index (χ2v) is 14.9. The molecule has 308 valence electrons. The molecule has 0 N–H and O–H groups in total. The molecular formula is C47H84O6. The van der Waals surface area contributed by atoms with Crippen LogP contribution in [0.1, 0.15) is 226 Å². The summed E-state index contributed by atoms with van der Waals surface area (Å²) in [6.45, 7) is 6.43. The summed E-state index contributed by atoms with van der Waals surface area (Å²) >= 11 is 0. The van der Waals surface area contributed by atoms with Gasteiger partial charge >= 0.3 is 17.9 Å². The van der Waals surface area contributed by atoms with Crippen LogP contribution in [0.4, 0.5) is 0 Å². The number of esters is 3. The number of unbranched alkanes of at least 4 members (excludes halogenated alkanes) is 23. The maximum Gasteiger partial charge on any atom is 0.306 e. The lowest BCUT2D eigenvalue weighted by Crippen LogP contribution is -2.30. The second-order valence-electron chi connectivity index (χ2n) is 14.9. The SMILES string of the molecule is CC/C=C\C/C=C\C/C=C\CCCCCCCC(=O)OCC(COC(=O)CCCCCCC)OC(=O)CCCCCCCCCCCCCCCCC. The predicted octanol–water partition coefficient (Wildman–Crippen LogP) is 14.2. The van der Waals surface area contributed by atoms with Gasteiger partial charge in [0.25, 0.3) is 0 Å². The van der Waals surface area contributed by atoms with Crippen LogP contribution in [0.25, 0.3) is 0 Å². The van der Waals surface area contributed by atoms with Gasteiger partial charge in [-0.2, -0.15) is 0 Å². The molecule has 0 aliphatic carbocycles. The van der Waals surface area contributed by atoms with E-state index in [1.165, 1.54) is 83.5 Å². The van der Waals surface area contributed by atoms with Crippen molar-refractivity contribution >= 4 is 17.9 Å². The van der Waals surface area contributed by atoms with Crippen molar-refractivity contribution in [3.05, 3.63) is 36.5 Å². The first kappa shape index (κ1) is 50.6. The maximum absolute atomic E-state index is 12.7. The molecule has 0 bridgehead atoms. The zero-order valence-corrected chi connectivity index (χ0v) is 35.0. The van der Waals surface area contributed by atoms with Gasteiger partial charge in [0.15, 0.2) is 6.10 Å². The fourth-order valence-corrected chi connectivity index (χ4v) is 6.28. The molecule has 0 amide bonds. The highest BCUT2D eigenvalue weighted by Gasteiger charge is 2.19. The molecule has 0 saturated heterocycles. The molecule has 0 radical (unpaired) electrons. The summed E-state index contributed by atoms with van der Waals surface area (Å²) in [4.78, 5) is 37.5. The highest BCUT2D eigenvalue weighted by molar-refractivity contribution is 5.71. The molecule has 0 rings (SSSR count). The smallest absolute Gasteiger partial charge is 0.306 e. The number of carbonyl (C=O) groups excluding carboxylic acids is 3. The highest BCUT2D eigenvalue weighted by atomic mass is 16.6. The standard InChI is InChI=1S/C47H84O6/c1-4-7-10-13-15-17-19-21-23-25-27-29-31-34-37-40-46(49)52-43-44(42-51-45(48)39-36-33-12-9-6-3)53-47(50)41-38-35-32-30-28-26-24-22-20-18-16-14-11-8-5-2/h7,10,15,17,21,23,44H,4-6,8-9,11-14,16,18-20,22,24-43H2,1-3H3/b10-7-,17-15-,23-21-. The monoisotopic (exact) mass is 745 g/mol. The molecule has 0 aliphatic heterocycles. The van der Waals surface area contributed by atoms with E-state index in [2.05, 4.69) is 57.2 Å². The Morgan fingerprint density at radius 1 is 0.396 bits per heavy atom. The number of hydrogen-bond donors (Lipinski definition) is 0. The minimum atomic E-state index is -0.770. The molecule has 6 nitrogen and oxygen atoms in total. The zero-order valence-electron chi connectivity index (χ0n) is 35.0. The molecular weight excluding hydrogens is 661 g/mol. The Kier molecular flexibility index (Phi) is 40.5. The average molecular weight is 745 g/mol. The van der Waals surface area contributed by atoms with Crippen LogP contribution < -0.4 is 0 Å². The Balaban J connectivity index is 4.24. The molecule has 1 unspecified atom stereocenters. The molecule has 1 atom stereocenters. The van der Waals surface area contributed by atoms with Crippen molar-refractivity contribution in [3.63, 3.8) is 0 Å². The molecule has 0 spiro atoms. The molecule has 0 heterocycles. The number of rotatable bonds is 40. The molecule has 0 aromatic heterocycles. The molecule has 0 aromatic carbocycles. The van der Waals surface area contributed by atoms with Gasteiger partial charge in [0.2, 0.25) is 0 Å². The highest BCUT2D eigenvalue weighted by Crippen LogP contribution is 2.15. The third-order valence-corrected chi connectivity index (χ3v) is 9.66. The van der Waals surface area contributed by atoms with E-state index in [4.69, 9.17) is 14.2 Å². The summed E-state index contributed by atoms with van der Waals surface area (Å²) in [6, 6.07) is 0. The lowest BCUT2D eigenvalue weighted by Gasteiger charge is -2.18. The van der Waals surface area contributed by atoms with Crippen molar-refractivity contribution in [2.75, 3.05) is 13.2 Å². The van der Waals surface area contributed by atoms with Crippen molar-refractivity contribution < 1.29 is 28.6 Å². The Bertz CT molecular complexity index is 907. The van der Waals surface area contributed by atoms with Gasteiger partial charge < -0.3 is 14.2 Å². The molecule has 53 heavy (non-hydrogen) atoms. The van der Waals surface area contributed by atoms with Crippen LogP contribution in [0, 0.1) is 0 Å². The number of ether oxygens (including phenoxy) is 3. The van der Waals surface area contributed by atoms with Gasteiger partial charge in [-0.3, -0.25) is 14.4 Å². The van der Waals surface area contributed by atoms with E-state index in [0.29, 0.717) is 19.3 Å². The Morgan fingerprint density at radius 3 is 1.15 bits per heavy atom. The first-order valence-corrected chi connectivity index (χ1v) is 22.5. The zero-order chi connectivity index (χ0) is 38.7. The summed E-state index contributed by atoms with van der Waals surface area (Å²) in [7, 11) is 0. The molecule has 0 fully saturated rings. The fraction of sp³-hybridized carbons (Fsp3) is 0.809. The van der Waals surface area contributed by atoms with Gasteiger partial charge in [0, 0.05) is 19.3 Å². The van der Waals surface area contributed by atoms with E-state index in [0.717, 1.165) is 103 Å². The Morgan fingerprint density at radius 2 is 0.736 bits per heavy atom. The number of carbonyl (C=O) groups is 3. The average Bonchev–Trinajstić information content (AvgIpc) is 3.15. The summed E-state index contributed by atoms with van der Waals surface area (Å²) < 4.78 is 16.6. The van der Waals surface area contributed by atoms with Crippen molar-refractivity contribution in [2.24, 2.45) is 0 Å². The van der Waals surface area contributed by atoms with E-state index in [1.807, 2.05) is 0 Å². The van der Waals surface area contributed by atoms with Crippen LogP contribution in [0.5, 0.6) is 0 Å². The van der Waals surface area contributed by atoms with Crippen LogP contribution in [0.3, 0.4) is 0 Å². The molecule has 0 aliphatic rings. The van der Waals surface area contributed by atoms with E-state index in [-0.39, 0.29) is 31.1 Å². The van der Waals surface area contributed by atoms with Gasteiger partial charge in [0.1, 0.15) is 13.2 Å². The van der Waals surface area contributed by atoms with Gasteiger partial charge in [-0.15, -0.1) is 0 Å². The number of hydrogen-bond acceptors (Lipinski definition) is 6. The topological polar surface area (TPSA) is 78.9 Å².